The van der Waals surface area contributed by atoms with Crippen LogP contribution in [0.25, 0.3) is 0 Å². The zero-order valence-electron chi connectivity index (χ0n) is 20.4. The van der Waals surface area contributed by atoms with Gasteiger partial charge in [-0.25, -0.2) is 4.79 Å². The van der Waals surface area contributed by atoms with E-state index in [1.165, 1.54) is 18.7 Å². The third-order valence-electron chi connectivity index (χ3n) is 4.92. The predicted molar refractivity (Wildman–Crippen MR) is 132 cm³/mol. The molecule has 1 aliphatic rings. The summed E-state index contributed by atoms with van der Waals surface area (Å²) in [5.41, 5.74) is -0.699. The Bertz CT molecular complexity index is 781. The highest BCUT2D eigenvalue weighted by Crippen LogP contribution is 2.13. The number of nitrogens with zero attached hydrogens (tertiary/aromatic N) is 1. The molecular weight excluding hydrogens is 559 g/mol. The van der Waals surface area contributed by atoms with E-state index in [4.69, 9.17) is 4.74 Å². The minimum atomic E-state index is -0.962. The van der Waals surface area contributed by atoms with Crippen LogP contribution in [-0.2, 0) is 33.5 Å². The molecule has 1 saturated heterocycles. The lowest BCUT2D eigenvalue weighted by Crippen LogP contribution is -2.54. The molecule has 0 unspecified atom stereocenters. The second kappa shape index (κ2) is 13.6. The van der Waals surface area contributed by atoms with Crippen molar-refractivity contribution in [3.8, 4) is 0 Å². The first-order valence-electron chi connectivity index (χ1n) is 11.3. The molecule has 11 nitrogen and oxygen atoms in total. The van der Waals surface area contributed by atoms with Crippen LogP contribution in [0.3, 0.4) is 0 Å². The van der Waals surface area contributed by atoms with Crippen molar-refractivity contribution in [2.45, 2.75) is 90.4 Å². The van der Waals surface area contributed by atoms with Crippen LogP contribution in [0, 0.1) is 0 Å². The number of rotatable bonds is 12. The molecule has 0 bridgehead atoms. The van der Waals surface area contributed by atoms with E-state index in [1.807, 2.05) is 22.6 Å². The summed E-state index contributed by atoms with van der Waals surface area (Å²) >= 11 is 1.88. The molecule has 192 valence electrons. The number of halogens is 1. The molecule has 1 heterocycles. The van der Waals surface area contributed by atoms with Gasteiger partial charge >= 0.3 is 5.97 Å². The van der Waals surface area contributed by atoms with Crippen LogP contribution in [-0.4, -0.2) is 75.1 Å². The van der Waals surface area contributed by atoms with Crippen LogP contribution in [0.1, 0.15) is 66.7 Å². The molecule has 1 aliphatic heterocycles. The molecule has 3 N–H and O–H groups in total. The largest absolute Gasteiger partial charge is 0.458 e. The van der Waals surface area contributed by atoms with Gasteiger partial charge in [0.1, 0.15) is 23.7 Å². The number of esters is 1. The molecule has 1 fully saturated rings. The van der Waals surface area contributed by atoms with Crippen molar-refractivity contribution in [1.82, 2.24) is 20.9 Å². The van der Waals surface area contributed by atoms with Crippen LogP contribution < -0.4 is 16.0 Å². The summed E-state index contributed by atoms with van der Waals surface area (Å²) in [7, 11) is 0. The molecule has 0 aromatic heterocycles. The second-order valence-electron chi connectivity index (χ2n) is 9.18. The van der Waals surface area contributed by atoms with E-state index >= 15 is 0 Å². The van der Waals surface area contributed by atoms with Gasteiger partial charge in [-0.1, -0.05) is 22.6 Å². The van der Waals surface area contributed by atoms with Gasteiger partial charge in [0.2, 0.25) is 29.5 Å². The van der Waals surface area contributed by atoms with Crippen molar-refractivity contribution in [1.29, 1.82) is 0 Å². The van der Waals surface area contributed by atoms with Gasteiger partial charge in [0.25, 0.3) is 0 Å². The minimum Gasteiger partial charge on any atom is -0.458 e. The fraction of sp³-hybridized carbons (Fsp3) is 0.727. The van der Waals surface area contributed by atoms with Gasteiger partial charge in [-0.15, -0.1) is 0 Å². The average Bonchev–Trinajstić information content (AvgIpc) is 3.05. The summed E-state index contributed by atoms with van der Waals surface area (Å²) in [6.07, 6.45) is 1.69. The lowest BCUT2D eigenvalue weighted by atomic mass is 10.1. The summed E-state index contributed by atoms with van der Waals surface area (Å²) in [6.45, 7) is 8.37. The van der Waals surface area contributed by atoms with E-state index < -0.39 is 41.5 Å². The third kappa shape index (κ3) is 10.3. The highest BCUT2D eigenvalue weighted by atomic mass is 127. The van der Waals surface area contributed by atoms with E-state index in [0.29, 0.717) is 12.8 Å². The zero-order valence-corrected chi connectivity index (χ0v) is 22.5. The number of ether oxygens (including phenoxy) is 1. The Kier molecular flexibility index (Phi) is 11.9. The van der Waals surface area contributed by atoms with E-state index in [0.717, 1.165) is 0 Å². The monoisotopic (exact) mass is 594 g/mol. The Morgan fingerprint density at radius 3 is 2.03 bits per heavy atom. The van der Waals surface area contributed by atoms with Gasteiger partial charge in [0, 0.05) is 19.4 Å². The maximum absolute atomic E-state index is 12.8. The first-order chi connectivity index (χ1) is 15.7. The minimum absolute atomic E-state index is 0.155. The van der Waals surface area contributed by atoms with Gasteiger partial charge in [0.05, 0.1) is 4.43 Å². The summed E-state index contributed by atoms with van der Waals surface area (Å²) < 4.78 is 5.38. The van der Waals surface area contributed by atoms with Crippen molar-refractivity contribution >= 4 is 58.1 Å². The average molecular weight is 594 g/mol. The molecule has 0 spiro atoms. The summed E-state index contributed by atoms with van der Waals surface area (Å²) in [5, 5.41) is 7.69. The van der Waals surface area contributed by atoms with Crippen molar-refractivity contribution in [3.05, 3.63) is 0 Å². The van der Waals surface area contributed by atoms with Crippen LogP contribution in [0.15, 0.2) is 0 Å². The lowest BCUT2D eigenvalue weighted by molar-refractivity contribution is -0.158. The van der Waals surface area contributed by atoms with Crippen LogP contribution in [0.4, 0.5) is 0 Å². The Morgan fingerprint density at radius 2 is 1.50 bits per heavy atom. The van der Waals surface area contributed by atoms with Crippen LogP contribution >= 0.6 is 22.6 Å². The number of hydrogen-bond donors (Lipinski definition) is 3. The number of imide groups is 1. The van der Waals surface area contributed by atoms with E-state index in [1.54, 1.807) is 20.8 Å². The van der Waals surface area contributed by atoms with E-state index in [9.17, 15) is 28.8 Å². The molecule has 12 heteroatoms. The van der Waals surface area contributed by atoms with Crippen molar-refractivity contribution in [2.24, 2.45) is 0 Å². The van der Waals surface area contributed by atoms with Crippen molar-refractivity contribution in [2.75, 3.05) is 11.0 Å². The van der Waals surface area contributed by atoms with Crippen molar-refractivity contribution in [3.63, 3.8) is 0 Å². The highest BCUT2D eigenvalue weighted by Gasteiger charge is 2.29. The maximum atomic E-state index is 12.8. The van der Waals surface area contributed by atoms with Crippen LogP contribution in [0.2, 0.25) is 0 Å². The summed E-state index contributed by atoms with van der Waals surface area (Å²) in [6, 6.07) is -2.75. The highest BCUT2D eigenvalue weighted by molar-refractivity contribution is 14.1. The molecule has 0 aromatic carbocycles. The first kappa shape index (κ1) is 29.8. The number of carbonyl (C=O) groups is 6. The topological polar surface area (TPSA) is 151 Å². The number of amides is 5. The quantitative estimate of drug-likeness (QED) is 0.0984. The number of unbranched alkanes of at least 4 members (excludes halogenated alkanes) is 1. The molecule has 0 aromatic rings. The fourth-order valence-corrected chi connectivity index (χ4v) is 3.38. The zero-order chi connectivity index (χ0) is 26.1. The lowest BCUT2D eigenvalue weighted by Gasteiger charge is -2.24. The SMILES string of the molecule is C[C@@H](NC(=O)[C@H](CCCCN1C(=O)CCC1=O)NC(=O)CI)C(=O)N[C@H](C)C(=O)OC(C)(C)C. The standard InChI is InChI=1S/C22H35IN4O7/c1-13(19(31)25-14(2)21(33)34-22(3,4)5)24-20(32)15(26-16(28)12-23)8-6-7-11-27-17(29)9-10-18(27)30/h13-15H,6-12H2,1-5H3,(H,24,32)(H,25,31)(H,26,28)/t13-,14-,15+/m1/s1. The van der Waals surface area contributed by atoms with Crippen molar-refractivity contribution < 1.29 is 33.5 Å². The maximum Gasteiger partial charge on any atom is 0.328 e. The van der Waals surface area contributed by atoms with Gasteiger partial charge < -0.3 is 20.7 Å². The molecule has 0 aliphatic carbocycles. The molecule has 5 amide bonds. The normalized spacial score (nSPS) is 16.5. The molecular formula is C22H35IN4O7. The Balaban J connectivity index is 2.61. The predicted octanol–water partition coefficient (Wildman–Crippen LogP) is 0.577. The number of nitrogens with one attached hydrogen (secondary N) is 3. The van der Waals surface area contributed by atoms with E-state index in [2.05, 4.69) is 16.0 Å². The Labute approximate surface area is 213 Å². The third-order valence-corrected chi connectivity index (χ3v) is 5.62. The fourth-order valence-electron chi connectivity index (χ4n) is 3.16. The first-order valence-corrected chi connectivity index (χ1v) is 12.8. The smallest absolute Gasteiger partial charge is 0.328 e. The van der Waals surface area contributed by atoms with Gasteiger partial charge in [0.15, 0.2) is 0 Å². The molecule has 34 heavy (non-hydrogen) atoms. The Morgan fingerprint density at radius 1 is 0.941 bits per heavy atom. The van der Waals surface area contributed by atoms with E-state index in [-0.39, 0.29) is 48.0 Å². The second-order valence-corrected chi connectivity index (χ2v) is 9.95. The van der Waals surface area contributed by atoms with Crippen LogP contribution in [0.5, 0.6) is 0 Å². The van der Waals surface area contributed by atoms with Gasteiger partial charge in [-0.3, -0.25) is 28.9 Å². The molecule has 0 saturated carbocycles. The van der Waals surface area contributed by atoms with Gasteiger partial charge in [-0.2, -0.15) is 0 Å². The molecule has 3 atom stereocenters. The Hall–Kier alpha value is -2.25. The number of likely N-dealkylation sites (tertiary alicyclic amines) is 1. The number of carbonyl (C=O) groups excluding carboxylic acids is 6. The molecule has 0 radical (unpaired) electrons. The number of alkyl halides is 1. The molecule has 1 rings (SSSR count). The van der Waals surface area contributed by atoms with Gasteiger partial charge in [-0.05, 0) is 53.9 Å². The summed E-state index contributed by atoms with van der Waals surface area (Å²) in [4.78, 5) is 73.7. The number of hydrogen-bond acceptors (Lipinski definition) is 7. The summed E-state index contributed by atoms with van der Waals surface area (Å²) in [5.74, 6) is -2.44.